The van der Waals surface area contributed by atoms with Crippen molar-refractivity contribution in [2.45, 2.75) is 60.9 Å². The molecular weight excluding hydrogens is 344 g/mol. The van der Waals surface area contributed by atoms with Crippen LogP contribution in [0, 0.1) is 17.3 Å². The van der Waals surface area contributed by atoms with Gasteiger partial charge in [0.2, 0.25) is 0 Å². The minimum atomic E-state index is -0.329. The quantitative estimate of drug-likeness (QED) is 0.473. The van der Waals surface area contributed by atoms with E-state index in [9.17, 15) is 9.59 Å². The number of hydrogen-bond acceptors (Lipinski definition) is 6. The number of carbonyl (C=O) groups is 2. The van der Waals surface area contributed by atoms with Crippen LogP contribution in [0.1, 0.15) is 54.9 Å². The van der Waals surface area contributed by atoms with Crippen LogP contribution in [0.2, 0.25) is 0 Å². The van der Waals surface area contributed by atoms with Gasteiger partial charge in [0.25, 0.3) is 0 Å². The molecule has 154 valence electrons. The molecule has 0 aromatic carbocycles. The summed E-state index contributed by atoms with van der Waals surface area (Å²) in [6.07, 6.45) is 4.09. The molecule has 3 unspecified atom stereocenters. The Morgan fingerprint density at radius 3 is 2.07 bits per heavy atom. The highest BCUT2D eigenvalue weighted by Crippen LogP contribution is 2.46. The SMILES string of the molecule is CCOC(=O)/C=C(\C)NCC1C(N/C(C)=C/C(=O)OCC)C(C)CC1(C)C. The van der Waals surface area contributed by atoms with Gasteiger partial charge in [-0.25, -0.2) is 9.59 Å². The van der Waals surface area contributed by atoms with Crippen LogP contribution in [-0.2, 0) is 19.1 Å². The first kappa shape index (κ1) is 23.1. The van der Waals surface area contributed by atoms with Gasteiger partial charge < -0.3 is 20.1 Å². The molecule has 0 aromatic rings. The monoisotopic (exact) mass is 380 g/mol. The van der Waals surface area contributed by atoms with E-state index < -0.39 is 0 Å². The third kappa shape index (κ3) is 7.27. The normalized spacial score (nSPS) is 25.1. The second-order valence-corrected chi connectivity index (χ2v) is 7.99. The summed E-state index contributed by atoms with van der Waals surface area (Å²) in [5.41, 5.74) is 1.74. The third-order valence-electron chi connectivity index (χ3n) is 5.14. The lowest BCUT2D eigenvalue weighted by Crippen LogP contribution is -2.43. The maximum Gasteiger partial charge on any atom is 0.332 e. The molecule has 6 heteroatoms. The Balaban J connectivity index is 2.81. The summed E-state index contributed by atoms with van der Waals surface area (Å²) in [7, 11) is 0. The van der Waals surface area contributed by atoms with Gasteiger partial charge in [-0.05, 0) is 45.4 Å². The molecule has 0 aliphatic heterocycles. The fourth-order valence-corrected chi connectivity index (χ4v) is 3.98. The van der Waals surface area contributed by atoms with Crippen molar-refractivity contribution in [3.05, 3.63) is 23.5 Å². The smallest absolute Gasteiger partial charge is 0.332 e. The molecule has 0 bridgehead atoms. The van der Waals surface area contributed by atoms with Gasteiger partial charge in [-0.1, -0.05) is 20.8 Å². The van der Waals surface area contributed by atoms with Gasteiger partial charge in [0.1, 0.15) is 0 Å². The zero-order valence-electron chi connectivity index (χ0n) is 17.8. The van der Waals surface area contributed by atoms with E-state index in [0.29, 0.717) is 25.0 Å². The van der Waals surface area contributed by atoms with Crippen LogP contribution >= 0.6 is 0 Å². The molecule has 0 aromatic heterocycles. The Kier molecular flexibility index (Phi) is 8.86. The highest BCUT2D eigenvalue weighted by molar-refractivity contribution is 5.82. The lowest BCUT2D eigenvalue weighted by molar-refractivity contribution is -0.138. The van der Waals surface area contributed by atoms with E-state index >= 15 is 0 Å². The van der Waals surface area contributed by atoms with Crippen LogP contribution in [-0.4, -0.2) is 37.7 Å². The molecule has 27 heavy (non-hydrogen) atoms. The lowest BCUT2D eigenvalue weighted by Gasteiger charge is -2.32. The van der Waals surface area contributed by atoms with Crippen LogP contribution in [0.15, 0.2) is 23.5 Å². The molecule has 1 saturated carbocycles. The first-order valence-corrected chi connectivity index (χ1v) is 9.81. The first-order valence-electron chi connectivity index (χ1n) is 9.81. The maximum absolute atomic E-state index is 11.7. The van der Waals surface area contributed by atoms with Gasteiger partial charge in [-0.2, -0.15) is 0 Å². The van der Waals surface area contributed by atoms with Gasteiger partial charge in [0, 0.05) is 42.1 Å². The zero-order valence-corrected chi connectivity index (χ0v) is 17.8. The van der Waals surface area contributed by atoms with Crippen molar-refractivity contribution >= 4 is 11.9 Å². The minimum Gasteiger partial charge on any atom is -0.463 e. The summed E-state index contributed by atoms with van der Waals surface area (Å²) in [6, 6.07) is 0.230. The minimum absolute atomic E-state index is 0.137. The van der Waals surface area contributed by atoms with Gasteiger partial charge in [-0.3, -0.25) is 0 Å². The van der Waals surface area contributed by atoms with Gasteiger partial charge >= 0.3 is 11.9 Å². The molecule has 1 aliphatic rings. The molecular formula is C21H36N2O4. The number of esters is 2. The number of carbonyl (C=O) groups excluding carboxylic acids is 2. The fourth-order valence-electron chi connectivity index (χ4n) is 3.98. The molecule has 3 atom stereocenters. The summed E-state index contributed by atoms with van der Waals surface area (Å²) in [4.78, 5) is 23.3. The van der Waals surface area contributed by atoms with Gasteiger partial charge in [0.05, 0.1) is 13.2 Å². The molecule has 1 aliphatic carbocycles. The van der Waals surface area contributed by atoms with Gasteiger partial charge in [0.15, 0.2) is 0 Å². The average molecular weight is 381 g/mol. The molecule has 2 N–H and O–H groups in total. The van der Waals surface area contributed by atoms with E-state index in [1.165, 1.54) is 12.2 Å². The Labute approximate surface area is 163 Å². The number of ether oxygens (including phenoxy) is 2. The summed E-state index contributed by atoms with van der Waals surface area (Å²) in [5, 5.41) is 6.88. The Morgan fingerprint density at radius 2 is 1.56 bits per heavy atom. The Morgan fingerprint density at radius 1 is 1.04 bits per heavy atom. The number of nitrogens with one attached hydrogen (secondary N) is 2. The number of rotatable bonds is 9. The fraction of sp³-hybridized carbons (Fsp3) is 0.714. The molecule has 0 saturated heterocycles. The lowest BCUT2D eigenvalue weighted by atomic mass is 9.80. The predicted octanol–water partition coefficient (Wildman–Crippen LogP) is 3.15. The molecule has 0 spiro atoms. The van der Waals surface area contributed by atoms with Crippen LogP contribution < -0.4 is 10.6 Å². The van der Waals surface area contributed by atoms with Crippen molar-refractivity contribution in [2.24, 2.45) is 17.3 Å². The second-order valence-electron chi connectivity index (χ2n) is 7.99. The van der Waals surface area contributed by atoms with Crippen molar-refractivity contribution in [3.8, 4) is 0 Å². The first-order chi connectivity index (χ1) is 12.6. The summed E-state index contributed by atoms with van der Waals surface area (Å²) < 4.78 is 9.94. The highest BCUT2D eigenvalue weighted by Gasteiger charge is 2.46. The van der Waals surface area contributed by atoms with E-state index in [1.54, 1.807) is 13.8 Å². The molecule has 0 amide bonds. The molecule has 0 radical (unpaired) electrons. The van der Waals surface area contributed by atoms with Crippen molar-refractivity contribution in [3.63, 3.8) is 0 Å². The van der Waals surface area contributed by atoms with Crippen LogP contribution in [0.3, 0.4) is 0 Å². The standard InChI is InChI=1S/C21H36N2O4/c1-8-26-18(24)10-15(4)22-13-17-20(14(3)12-21(17,6)7)23-16(5)11-19(25)27-9-2/h10-11,14,17,20,22-23H,8-9,12-13H2,1-7H3/b15-10+,16-11+. The van der Waals surface area contributed by atoms with E-state index in [2.05, 4.69) is 31.4 Å². The van der Waals surface area contributed by atoms with Crippen LogP contribution in [0.4, 0.5) is 0 Å². The second kappa shape index (κ2) is 10.4. The molecule has 1 rings (SSSR count). The maximum atomic E-state index is 11.7. The van der Waals surface area contributed by atoms with E-state index in [4.69, 9.17) is 9.47 Å². The van der Waals surface area contributed by atoms with Crippen molar-refractivity contribution in [1.82, 2.24) is 10.6 Å². The van der Waals surface area contributed by atoms with Crippen LogP contribution in [0.5, 0.6) is 0 Å². The summed E-state index contributed by atoms with van der Waals surface area (Å²) >= 11 is 0. The van der Waals surface area contributed by atoms with E-state index in [1.807, 2.05) is 13.8 Å². The van der Waals surface area contributed by atoms with Gasteiger partial charge in [-0.15, -0.1) is 0 Å². The van der Waals surface area contributed by atoms with Crippen molar-refractivity contribution in [1.29, 1.82) is 0 Å². The Bertz CT molecular complexity index is 581. The topological polar surface area (TPSA) is 76.7 Å². The third-order valence-corrected chi connectivity index (χ3v) is 5.14. The summed E-state index contributed by atoms with van der Waals surface area (Å²) in [5.74, 6) is 0.148. The van der Waals surface area contributed by atoms with Crippen LogP contribution in [0.25, 0.3) is 0 Å². The number of allylic oxidation sites excluding steroid dienone is 2. The van der Waals surface area contributed by atoms with E-state index in [-0.39, 0.29) is 23.4 Å². The zero-order chi connectivity index (χ0) is 20.6. The summed E-state index contributed by atoms with van der Waals surface area (Å²) in [6.45, 7) is 15.6. The Hall–Kier alpha value is -1.98. The molecule has 1 fully saturated rings. The van der Waals surface area contributed by atoms with Crippen molar-refractivity contribution in [2.75, 3.05) is 19.8 Å². The highest BCUT2D eigenvalue weighted by atomic mass is 16.5. The largest absolute Gasteiger partial charge is 0.463 e. The molecule has 6 nitrogen and oxygen atoms in total. The average Bonchev–Trinajstić information content (AvgIpc) is 2.74. The molecule has 0 heterocycles. The number of hydrogen-bond donors (Lipinski definition) is 2. The van der Waals surface area contributed by atoms with E-state index in [0.717, 1.165) is 24.4 Å². The predicted molar refractivity (Wildman–Crippen MR) is 107 cm³/mol. The van der Waals surface area contributed by atoms with Crippen molar-refractivity contribution < 1.29 is 19.1 Å².